The third-order valence-corrected chi connectivity index (χ3v) is 3.78. The predicted molar refractivity (Wildman–Crippen MR) is 109 cm³/mol. The Morgan fingerprint density at radius 3 is 2.30 bits per heavy atom. The maximum Gasteiger partial charge on any atom is 0.244 e. The number of hydrogen-bond acceptors (Lipinski definition) is 3. The number of amides is 1. The summed E-state index contributed by atoms with van der Waals surface area (Å²) in [4.78, 5) is 20.5. The number of rotatable bonds is 6. The van der Waals surface area contributed by atoms with Crippen molar-refractivity contribution in [3.05, 3.63) is 102 Å². The summed E-state index contributed by atoms with van der Waals surface area (Å²) in [5, 5.41) is 2.87. The Morgan fingerprint density at radius 1 is 0.852 bits per heavy atom. The maximum atomic E-state index is 12.0. The second-order valence-electron chi connectivity index (χ2n) is 5.75. The van der Waals surface area contributed by atoms with Crippen molar-refractivity contribution in [1.82, 2.24) is 5.32 Å². The van der Waals surface area contributed by atoms with E-state index in [1.807, 2.05) is 84.9 Å². The van der Waals surface area contributed by atoms with Crippen LogP contribution in [-0.4, -0.2) is 11.9 Å². The molecule has 1 amide bonds. The fourth-order valence-electron chi connectivity index (χ4n) is 2.39. The lowest BCUT2D eigenvalue weighted by molar-refractivity contribution is -0.116. The fraction of sp³-hybridized carbons (Fsp3) is 0.0435. The van der Waals surface area contributed by atoms with E-state index in [-0.39, 0.29) is 5.91 Å². The number of carbonyl (C=O) groups is 1. The first-order chi connectivity index (χ1) is 13.3. The zero-order chi connectivity index (χ0) is 18.7. The first-order valence-corrected chi connectivity index (χ1v) is 8.62. The summed E-state index contributed by atoms with van der Waals surface area (Å²) in [6.07, 6.45) is 3.31. The quantitative estimate of drug-likeness (QED) is 0.483. The van der Waals surface area contributed by atoms with Gasteiger partial charge in [0.05, 0.1) is 11.4 Å². The van der Waals surface area contributed by atoms with E-state index in [1.165, 1.54) is 6.08 Å². The fourth-order valence-corrected chi connectivity index (χ4v) is 2.39. The van der Waals surface area contributed by atoms with E-state index in [1.54, 1.807) is 6.08 Å². The second-order valence-corrected chi connectivity index (χ2v) is 5.75. The predicted octanol–water partition coefficient (Wildman–Crippen LogP) is 5.15. The highest BCUT2D eigenvalue weighted by Crippen LogP contribution is 2.18. The summed E-state index contributed by atoms with van der Waals surface area (Å²) in [6, 6.07) is 29.5. The first-order valence-electron chi connectivity index (χ1n) is 8.62. The van der Waals surface area contributed by atoms with Crippen molar-refractivity contribution < 1.29 is 4.79 Å². The first kappa shape index (κ1) is 18.1. The molecule has 0 aromatic heterocycles. The second kappa shape index (κ2) is 9.66. The van der Waals surface area contributed by atoms with Gasteiger partial charge >= 0.3 is 0 Å². The van der Waals surface area contributed by atoms with Crippen molar-refractivity contribution in [2.75, 3.05) is 0 Å². The van der Waals surface area contributed by atoms with Crippen LogP contribution in [0.2, 0.25) is 0 Å². The molecule has 3 aromatic carbocycles. The SMILES string of the molecule is O=C(/C=C/c1ccccc1)NCc1ccccc1N=C=Nc1ccccc1. The largest absolute Gasteiger partial charge is 0.348 e. The number of nitrogens with one attached hydrogen (secondary N) is 1. The van der Waals surface area contributed by atoms with Gasteiger partial charge in [0.1, 0.15) is 6.01 Å². The molecule has 3 aromatic rings. The molecule has 0 unspecified atom stereocenters. The topological polar surface area (TPSA) is 53.8 Å². The van der Waals surface area contributed by atoms with Crippen LogP contribution >= 0.6 is 0 Å². The molecule has 0 fully saturated rings. The number of benzene rings is 3. The van der Waals surface area contributed by atoms with Gasteiger partial charge in [-0.1, -0.05) is 66.7 Å². The smallest absolute Gasteiger partial charge is 0.244 e. The summed E-state index contributed by atoms with van der Waals surface area (Å²) in [5.41, 5.74) is 3.40. The molecule has 4 heteroatoms. The summed E-state index contributed by atoms with van der Waals surface area (Å²) in [7, 11) is 0. The van der Waals surface area contributed by atoms with Gasteiger partial charge in [0.2, 0.25) is 5.91 Å². The molecule has 0 heterocycles. The molecule has 0 aliphatic heterocycles. The van der Waals surface area contributed by atoms with Crippen LogP contribution in [0.15, 0.2) is 101 Å². The molecule has 0 radical (unpaired) electrons. The minimum atomic E-state index is -0.157. The average molecular weight is 353 g/mol. The van der Waals surface area contributed by atoms with Crippen molar-refractivity contribution >= 4 is 29.4 Å². The van der Waals surface area contributed by atoms with Gasteiger partial charge in [-0.3, -0.25) is 4.79 Å². The molecular weight excluding hydrogens is 334 g/mol. The highest BCUT2D eigenvalue weighted by molar-refractivity contribution is 5.91. The molecule has 1 N–H and O–H groups in total. The number of para-hydroxylation sites is 2. The number of hydrogen-bond donors (Lipinski definition) is 1. The summed E-state index contributed by atoms with van der Waals surface area (Å²) in [6.45, 7) is 0.380. The third kappa shape index (κ3) is 5.92. The number of carbonyl (C=O) groups excluding carboxylic acids is 1. The van der Waals surface area contributed by atoms with E-state index in [4.69, 9.17) is 0 Å². The Kier molecular flexibility index (Phi) is 6.46. The van der Waals surface area contributed by atoms with E-state index in [9.17, 15) is 4.79 Å². The highest BCUT2D eigenvalue weighted by atomic mass is 16.1. The lowest BCUT2D eigenvalue weighted by Gasteiger charge is -2.05. The van der Waals surface area contributed by atoms with Gasteiger partial charge < -0.3 is 5.32 Å². The summed E-state index contributed by atoms with van der Waals surface area (Å²) < 4.78 is 0. The van der Waals surface area contributed by atoms with E-state index >= 15 is 0 Å². The molecule has 0 spiro atoms. The van der Waals surface area contributed by atoms with Crippen molar-refractivity contribution in [2.24, 2.45) is 9.98 Å². The van der Waals surface area contributed by atoms with Gasteiger partial charge in [0.15, 0.2) is 0 Å². The van der Waals surface area contributed by atoms with Gasteiger partial charge in [0, 0.05) is 12.6 Å². The zero-order valence-corrected chi connectivity index (χ0v) is 14.7. The van der Waals surface area contributed by atoms with E-state index in [2.05, 4.69) is 21.3 Å². The molecule has 0 saturated carbocycles. The molecule has 0 atom stereocenters. The van der Waals surface area contributed by atoms with Crippen LogP contribution in [0.3, 0.4) is 0 Å². The molecule has 27 heavy (non-hydrogen) atoms. The van der Waals surface area contributed by atoms with Gasteiger partial charge in [0.25, 0.3) is 0 Å². The molecule has 0 aliphatic carbocycles. The van der Waals surface area contributed by atoms with Crippen LogP contribution in [-0.2, 0) is 11.3 Å². The summed E-state index contributed by atoms with van der Waals surface area (Å²) >= 11 is 0. The maximum absolute atomic E-state index is 12.0. The Labute approximate surface area is 158 Å². The lowest BCUT2D eigenvalue weighted by Crippen LogP contribution is -2.20. The molecule has 0 saturated heterocycles. The van der Waals surface area contributed by atoms with E-state index in [0.717, 1.165) is 22.5 Å². The van der Waals surface area contributed by atoms with Crippen molar-refractivity contribution in [3.63, 3.8) is 0 Å². The third-order valence-electron chi connectivity index (χ3n) is 3.78. The Morgan fingerprint density at radius 2 is 1.52 bits per heavy atom. The van der Waals surface area contributed by atoms with Crippen molar-refractivity contribution in [1.29, 1.82) is 0 Å². The van der Waals surface area contributed by atoms with Crippen molar-refractivity contribution in [3.8, 4) is 0 Å². The Hall–Kier alpha value is -3.75. The molecule has 132 valence electrons. The van der Waals surface area contributed by atoms with Crippen LogP contribution < -0.4 is 5.32 Å². The van der Waals surface area contributed by atoms with Gasteiger partial charge in [-0.25, -0.2) is 0 Å². The Balaban J connectivity index is 1.63. The van der Waals surface area contributed by atoms with Crippen LogP contribution in [0.5, 0.6) is 0 Å². The van der Waals surface area contributed by atoms with Crippen LogP contribution in [0.1, 0.15) is 11.1 Å². The van der Waals surface area contributed by atoms with Gasteiger partial charge in [-0.15, -0.1) is 0 Å². The summed E-state index contributed by atoms with van der Waals surface area (Å²) in [5.74, 6) is -0.157. The molecule has 0 bridgehead atoms. The molecule has 4 nitrogen and oxygen atoms in total. The zero-order valence-electron chi connectivity index (χ0n) is 14.7. The number of nitrogens with zero attached hydrogens (tertiary/aromatic N) is 2. The van der Waals surface area contributed by atoms with Crippen LogP contribution in [0, 0.1) is 0 Å². The lowest BCUT2D eigenvalue weighted by atomic mass is 10.2. The highest BCUT2D eigenvalue weighted by Gasteiger charge is 2.02. The normalized spacial score (nSPS) is 10.2. The molecular formula is C23H19N3O. The average Bonchev–Trinajstić information content (AvgIpc) is 2.73. The van der Waals surface area contributed by atoms with Crippen molar-refractivity contribution in [2.45, 2.75) is 6.54 Å². The minimum absolute atomic E-state index is 0.157. The molecule has 3 rings (SSSR count). The van der Waals surface area contributed by atoms with E-state index < -0.39 is 0 Å². The van der Waals surface area contributed by atoms with E-state index in [0.29, 0.717) is 6.54 Å². The monoisotopic (exact) mass is 353 g/mol. The van der Waals surface area contributed by atoms with Gasteiger partial charge in [-0.05, 0) is 35.4 Å². The number of aliphatic imine (C=N–C) groups is 2. The van der Waals surface area contributed by atoms with Crippen LogP contribution in [0.4, 0.5) is 11.4 Å². The minimum Gasteiger partial charge on any atom is -0.348 e. The van der Waals surface area contributed by atoms with Gasteiger partial charge in [-0.2, -0.15) is 9.98 Å². The Bertz CT molecular complexity index is 973. The van der Waals surface area contributed by atoms with Crippen LogP contribution in [0.25, 0.3) is 6.08 Å². The molecule has 0 aliphatic rings. The standard InChI is InChI=1S/C23H19N3O/c27-23(16-15-19-9-3-1-4-10-19)24-17-20-11-7-8-14-22(20)26-18-25-21-12-5-2-6-13-21/h1-16H,17H2,(H,24,27)/b16-15+.